The summed E-state index contributed by atoms with van der Waals surface area (Å²) in [4.78, 5) is 14.4. The molecule has 1 saturated heterocycles. The highest BCUT2D eigenvalue weighted by Crippen LogP contribution is 2.24. The Bertz CT molecular complexity index is 813. The van der Waals surface area contributed by atoms with Crippen LogP contribution in [0.5, 0.6) is 0 Å². The average molecular weight is 308 g/mol. The molecule has 1 fully saturated rings. The summed E-state index contributed by atoms with van der Waals surface area (Å²) >= 11 is 0. The van der Waals surface area contributed by atoms with Crippen LogP contribution in [0.4, 0.5) is 0 Å². The van der Waals surface area contributed by atoms with Gasteiger partial charge in [0, 0.05) is 42.9 Å². The third kappa shape index (κ3) is 2.98. The van der Waals surface area contributed by atoms with Crippen LogP contribution in [0.2, 0.25) is 0 Å². The SMILES string of the molecule is Cc1nccc(C2CN(Cc3cccc4[nH]ccc34)CCO2)n1. The van der Waals surface area contributed by atoms with Crippen molar-refractivity contribution in [2.24, 2.45) is 0 Å². The standard InChI is InChI=1S/C18H20N4O/c1-13-19-8-6-17(21-13)18-12-22(9-10-23-18)11-14-3-2-4-16-15(14)5-7-20-16/h2-8,18,20H,9-12H2,1H3. The molecule has 1 atom stereocenters. The van der Waals surface area contributed by atoms with Gasteiger partial charge >= 0.3 is 0 Å². The topological polar surface area (TPSA) is 54.0 Å². The van der Waals surface area contributed by atoms with Crippen LogP contribution in [-0.4, -0.2) is 39.5 Å². The van der Waals surface area contributed by atoms with Crippen molar-refractivity contribution in [3.8, 4) is 0 Å². The Balaban J connectivity index is 1.52. The number of hydrogen-bond donors (Lipinski definition) is 1. The summed E-state index contributed by atoms with van der Waals surface area (Å²) in [5, 5.41) is 1.30. The number of aromatic amines is 1. The fourth-order valence-electron chi connectivity index (χ4n) is 3.21. The first-order valence-electron chi connectivity index (χ1n) is 7.98. The molecular formula is C18H20N4O. The van der Waals surface area contributed by atoms with Crippen molar-refractivity contribution < 1.29 is 4.74 Å². The second-order valence-electron chi connectivity index (χ2n) is 5.98. The van der Waals surface area contributed by atoms with E-state index in [0.717, 1.165) is 37.8 Å². The van der Waals surface area contributed by atoms with Crippen molar-refractivity contribution in [3.05, 3.63) is 59.8 Å². The molecule has 0 saturated carbocycles. The van der Waals surface area contributed by atoms with Gasteiger partial charge in [-0.05, 0) is 30.7 Å². The number of aromatic nitrogens is 3. The van der Waals surface area contributed by atoms with Crippen molar-refractivity contribution >= 4 is 10.9 Å². The second kappa shape index (κ2) is 6.10. The van der Waals surface area contributed by atoms with E-state index >= 15 is 0 Å². The summed E-state index contributed by atoms with van der Waals surface area (Å²) in [6.07, 6.45) is 3.83. The van der Waals surface area contributed by atoms with E-state index in [4.69, 9.17) is 4.74 Å². The molecule has 1 aromatic carbocycles. The number of morpholine rings is 1. The third-order valence-corrected chi connectivity index (χ3v) is 4.36. The Morgan fingerprint density at radius 2 is 2.26 bits per heavy atom. The molecule has 3 heterocycles. The van der Waals surface area contributed by atoms with E-state index in [2.05, 4.69) is 44.1 Å². The molecule has 23 heavy (non-hydrogen) atoms. The molecule has 4 rings (SSSR count). The molecule has 118 valence electrons. The van der Waals surface area contributed by atoms with Gasteiger partial charge in [0.15, 0.2) is 0 Å². The molecule has 0 amide bonds. The number of ether oxygens (including phenoxy) is 1. The van der Waals surface area contributed by atoms with Gasteiger partial charge in [-0.25, -0.2) is 9.97 Å². The number of hydrogen-bond acceptors (Lipinski definition) is 4. The van der Waals surface area contributed by atoms with E-state index < -0.39 is 0 Å². The molecule has 1 N–H and O–H groups in total. The first-order chi connectivity index (χ1) is 11.3. The Labute approximate surface area is 135 Å². The predicted octanol–water partition coefficient (Wildman–Crippen LogP) is 2.84. The van der Waals surface area contributed by atoms with Gasteiger partial charge in [0.25, 0.3) is 0 Å². The summed E-state index contributed by atoms with van der Waals surface area (Å²) in [5.74, 6) is 0.792. The van der Waals surface area contributed by atoms with E-state index in [-0.39, 0.29) is 6.10 Å². The maximum atomic E-state index is 5.92. The Hall–Kier alpha value is -2.24. The first kappa shape index (κ1) is 14.4. The quantitative estimate of drug-likeness (QED) is 0.808. The summed E-state index contributed by atoms with van der Waals surface area (Å²) in [6, 6.07) is 10.5. The van der Waals surface area contributed by atoms with E-state index in [0.29, 0.717) is 0 Å². The van der Waals surface area contributed by atoms with E-state index in [1.807, 2.05) is 19.2 Å². The number of rotatable bonds is 3. The van der Waals surface area contributed by atoms with Crippen LogP contribution in [-0.2, 0) is 11.3 Å². The van der Waals surface area contributed by atoms with Gasteiger partial charge in [-0.1, -0.05) is 12.1 Å². The zero-order valence-electron chi connectivity index (χ0n) is 13.2. The Kier molecular flexibility index (Phi) is 3.81. The molecule has 2 aromatic heterocycles. The van der Waals surface area contributed by atoms with Crippen LogP contribution in [0.3, 0.4) is 0 Å². The normalized spacial score (nSPS) is 19.3. The highest BCUT2D eigenvalue weighted by molar-refractivity contribution is 5.82. The van der Waals surface area contributed by atoms with Gasteiger partial charge in [-0.2, -0.15) is 0 Å². The van der Waals surface area contributed by atoms with Crippen molar-refractivity contribution in [2.45, 2.75) is 19.6 Å². The van der Waals surface area contributed by atoms with Crippen molar-refractivity contribution in [3.63, 3.8) is 0 Å². The summed E-state index contributed by atoms with van der Waals surface area (Å²) in [6.45, 7) is 5.38. The molecule has 5 heteroatoms. The first-order valence-corrected chi connectivity index (χ1v) is 7.98. The van der Waals surface area contributed by atoms with E-state index in [1.54, 1.807) is 6.20 Å². The fraction of sp³-hybridized carbons (Fsp3) is 0.333. The fourth-order valence-corrected chi connectivity index (χ4v) is 3.21. The summed E-state index contributed by atoms with van der Waals surface area (Å²) < 4.78 is 5.92. The van der Waals surface area contributed by atoms with E-state index in [1.165, 1.54) is 16.5 Å². The van der Waals surface area contributed by atoms with Crippen LogP contribution >= 0.6 is 0 Å². The summed E-state index contributed by atoms with van der Waals surface area (Å²) in [7, 11) is 0. The molecule has 1 aliphatic heterocycles. The van der Waals surface area contributed by atoms with Crippen LogP contribution in [0.25, 0.3) is 10.9 Å². The van der Waals surface area contributed by atoms with E-state index in [9.17, 15) is 0 Å². The highest BCUT2D eigenvalue weighted by atomic mass is 16.5. The Morgan fingerprint density at radius 3 is 3.17 bits per heavy atom. The maximum Gasteiger partial charge on any atom is 0.125 e. The van der Waals surface area contributed by atoms with Gasteiger partial charge in [0.1, 0.15) is 11.9 Å². The lowest BCUT2D eigenvalue weighted by atomic mass is 10.1. The minimum absolute atomic E-state index is 0.0240. The molecule has 1 aliphatic rings. The van der Waals surface area contributed by atoms with Gasteiger partial charge in [-0.15, -0.1) is 0 Å². The lowest BCUT2D eigenvalue weighted by Crippen LogP contribution is -2.38. The van der Waals surface area contributed by atoms with Crippen molar-refractivity contribution in [1.29, 1.82) is 0 Å². The minimum Gasteiger partial charge on any atom is -0.369 e. The van der Waals surface area contributed by atoms with Crippen LogP contribution < -0.4 is 0 Å². The van der Waals surface area contributed by atoms with Crippen molar-refractivity contribution in [2.75, 3.05) is 19.7 Å². The smallest absolute Gasteiger partial charge is 0.125 e. The zero-order chi connectivity index (χ0) is 15.6. The number of nitrogens with one attached hydrogen (secondary N) is 1. The van der Waals surface area contributed by atoms with Gasteiger partial charge in [0.2, 0.25) is 0 Å². The molecule has 5 nitrogen and oxygen atoms in total. The number of fused-ring (bicyclic) bond motifs is 1. The maximum absolute atomic E-state index is 5.92. The Morgan fingerprint density at radius 1 is 1.30 bits per heavy atom. The molecular weight excluding hydrogens is 288 g/mol. The molecule has 1 unspecified atom stereocenters. The van der Waals surface area contributed by atoms with Crippen LogP contribution in [0, 0.1) is 6.92 Å². The van der Waals surface area contributed by atoms with Gasteiger partial charge in [-0.3, -0.25) is 4.90 Å². The monoisotopic (exact) mass is 308 g/mol. The predicted molar refractivity (Wildman–Crippen MR) is 89.0 cm³/mol. The number of aryl methyl sites for hydroxylation is 1. The molecule has 0 aliphatic carbocycles. The van der Waals surface area contributed by atoms with Gasteiger partial charge < -0.3 is 9.72 Å². The number of benzene rings is 1. The largest absolute Gasteiger partial charge is 0.369 e. The van der Waals surface area contributed by atoms with Crippen LogP contribution in [0.15, 0.2) is 42.7 Å². The van der Waals surface area contributed by atoms with Crippen LogP contribution in [0.1, 0.15) is 23.2 Å². The van der Waals surface area contributed by atoms with Gasteiger partial charge in [0.05, 0.1) is 12.3 Å². The second-order valence-corrected chi connectivity index (χ2v) is 5.98. The lowest BCUT2D eigenvalue weighted by Gasteiger charge is -2.32. The molecule has 0 spiro atoms. The third-order valence-electron chi connectivity index (χ3n) is 4.36. The number of H-pyrrole nitrogens is 1. The zero-order valence-corrected chi connectivity index (χ0v) is 13.2. The minimum atomic E-state index is 0.0240. The summed E-state index contributed by atoms with van der Waals surface area (Å²) in [5.41, 5.74) is 3.52. The number of nitrogens with zero attached hydrogens (tertiary/aromatic N) is 3. The molecule has 3 aromatic rings. The van der Waals surface area contributed by atoms with Crippen molar-refractivity contribution in [1.82, 2.24) is 19.9 Å². The average Bonchev–Trinajstić information content (AvgIpc) is 3.05. The molecule has 0 radical (unpaired) electrons. The molecule has 0 bridgehead atoms. The highest BCUT2D eigenvalue weighted by Gasteiger charge is 2.23. The lowest BCUT2D eigenvalue weighted by molar-refractivity contribution is -0.0350.